The fourth-order valence-electron chi connectivity index (χ4n) is 4.90. The quantitative estimate of drug-likeness (QED) is 0.656. The summed E-state index contributed by atoms with van der Waals surface area (Å²) in [5.41, 5.74) is 3.99. The van der Waals surface area contributed by atoms with E-state index in [-0.39, 0.29) is 36.4 Å². The molecule has 1 aliphatic carbocycles. The normalized spacial score (nSPS) is 24.4. The lowest BCUT2D eigenvalue weighted by molar-refractivity contribution is -0.151. The number of hydrogen-bond acceptors (Lipinski definition) is 7. The van der Waals surface area contributed by atoms with Crippen LogP contribution in [0.5, 0.6) is 0 Å². The van der Waals surface area contributed by atoms with Crippen LogP contribution in [0.1, 0.15) is 56.8 Å². The fourth-order valence-corrected chi connectivity index (χ4v) is 4.90. The van der Waals surface area contributed by atoms with Gasteiger partial charge in [0, 0.05) is 11.6 Å². The van der Waals surface area contributed by atoms with Gasteiger partial charge in [-0.1, -0.05) is 26.7 Å². The van der Waals surface area contributed by atoms with Crippen molar-refractivity contribution in [1.82, 2.24) is 15.2 Å². The van der Waals surface area contributed by atoms with E-state index in [1.165, 1.54) is 0 Å². The highest BCUT2D eigenvalue weighted by Gasteiger charge is 2.51. The van der Waals surface area contributed by atoms with Gasteiger partial charge >= 0.3 is 5.97 Å². The van der Waals surface area contributed by atoms with Crippen LogP contribution in [-0.2, 0) is 14.3 Å². The Bertz CT molecular complexity index is 913. The Kier molecular flexibility index (Phi) is 6.34. The number of benzene rings is 1. The number of hydrogen-bond donors (Lipinski definition) is 2. The minimum absolute atomic E-state index is 0.00621. The predicted molar refractivity (Wildman–Crippen MR) is 120 cm³/mol. The number of carbonyl (C=O) groups is 3. The molecule has 0 bridgehead atoms. The van der Waals surface area contributed by atoms with Crippen LogP contribution in [-0.4, -0.2) is 64.8 Å². The third-order valence-electron chi connectivity index (χ3n) is 6.32. The molecule has 3 unspecified atom stereocenters. The highest BCUT2D eigenvalue weighted by atomic mass is 16.5. The average molecular weight is 442 g/mol. The lowest BCUT2D eigenvalue weighted by atomic mass is 9.85. The summed E-state index contributed by atoms with van der Waals surface area (Å²) in [6.07, 6.45) is 3.48. The summed E-state index contributed by atoms with van der Waals surface area (Å²) in [5.74, 6) is 0.369. The highest BCUT2D eigenvalue weighted by molar-refractivity contribution is 5.99. The van der Waals surface area contributed by atoms with E-state index in [9.17, 15) is 14.4 Å². The van der Waals surface area contributed by atoms with Crippen LogP contribution in [0.2, 0.25) is 0 Å². The number of nitrogens with zero attached hydrogens (tertiary/aromatic N) is 3. The van der Waals surface area contributed by atoms with Crippen molar-refractivity contribution in [3.63, 3.8) is 0 Å². The van der Waals surface area contributed by atoms with Crippen molar-refractivity contribution >= 4 is 29.3 Å². The molecule has 9 heteroatoms. The SMILES string of the molecule is CCOC(=O)c1ccc(NC(=O)CN2C(=O)C3NN=C(C(C)C)N3C3CCCCC32)cc1. The number of amides is 2. The molecule has 4 rings (SSSR count). The third kappa shape index (κ3) is 4.16. The molecule has 0 aromatic heterocycles. The van der Waals surface area contributed by atoms with E-state index in [0.717, 1.165) is 31.5 Å². The molecule has 1 aromatic carbocycles. The Morgan fingerprint density at radius 1 is 1.19 bits per heavy atom. The van der Waals surface area contributed by atoms with E-state index >= 15 is 0 Å². The number of carbonyl (C=O) groups excluding carboxylic acids is 3. The monoisotopic (exact) mass is 441 g/mol. The molecule has 0 radical (unpaired) electrons. The van der Waals surface area contributed by atoms with Crippen molar-refractivity contribution in [3.8, 4) is 0 Å². The Hall–Kier alpha value is -3.10. The first-order valence-electron chi connectivity index (χ1n) is 11.4. The molecular weight excluding hydrogens is 410 g/mol. The van der Waals surface area contributed by atoms with Gasteiger partial charge < -0.3 is 19.9 Å². The Balaban J connectivity index is 1.45. The number of esters is 1. The molecule has 0 spiro atoms. The Morgan fingerprint density at radius 2 is 1.88 bits per heavy atom. The molecule has 1 saturated carbocycles. The topological polar surface area (TPSA) is 103 Å². The van der Waals surface area contributed by atoms with Crippen molar-refractivity contribution in [2.75, 3.05) is 18.5 Å². The molecule has 172 valence electrons. The molecule has 2 amide bonds. The van der Waals surface area contributed by atoms with Crippen molar-refractivity contribution < 1.29 is 19.1 Å². The number of ether oxygens (including phenoxy) is 1. The third-order valence-corrected chi connectivity index (χ3v) is 6.32. The number of nitrogens with one attached hydrogen (secondary N) is 2. The Labute approximate surface area is 188 Å². The summed E-state index contributed by atoms with van der Waals surface area (Å²) in [7, 11) is 0. The van der Waals surface area contributed by atoms with Gasteiger partial charge in [0.15, 0.2) is 6.17 Å². The van der Waals surface area contributed by atoms with Gasteiger partial charge in [-0.3, -0.25) is 15.0 Å². The molecule has 32 heavy (non-hydrogen) atoms. The molecule has 3 aliphatic rings. The minimum atomic E-state index is -0.539. The van der Waals surface area contributed by atoms with Crippen molar-refractivity contribution in [3.05, 3.63) is 29.8 Å². The van der Waals surface area contributed by atoms with E-state index in [4.69, 9.17) is 4.74 Å². The standard InChI is InChI=1S/C23H31N5O4/c1-4-32-23(31)15-9-11-16(12-10-15)24-19(29)13-27-17-7-5-6-8-18(17)28-20(14(2)3)25-26-21(28)22(27)30/h9-12,14,17-18,21,26H,4-8,13H2,1-3H3,(H,24,29). The first-order chi connectivity index (χ1) is 15.4. The lowest BCUT2D eigenvalue weighted by Crippen LogP contribution is -2.70. The van der Waals surface area contributed by atoms with Gasteiger partial charge in [0.2, 0.25) is 5.91 Å². The highest BCUT2D eigenvalue weighted by Crippen LogP contribution is 2.35. The van der Waals surface area contributed by atoms with Crippen LogP contribution in [0, 0.1) is 5.92 Å². The van der Waals surface area contributed by atoms with Crippen LogP contribution in [0.15, 0.2) is 29.4 Å². The first kappa shape index (κ1) is 22.1. The van der Waals surface area contributed by atoms with Crippen molar-refractivity contribution in [1.29, 1.82) is 0 Å². The number of amidine groups is 1. The van der Waals surface area contributed by atoms with Gasteiger partial charge in [-0.05, 0) is 44.0 Å². The minimum Gasteiger partial charge on any atom is -0.462 e. The van der Waals surface area contributed by atoms with Crippen LogP contribution in [0.3, 0.4) is 0 Å². The van der Waals surface area contributed by atoms with Gasteiger partial charge in [0.05, 0.1) is 24.3 Å². The number of fused-ring (bicyclic) bond motifs is 3. The second-order valence-corrected chi connectivity index (χ2v) is 8.79. The second-order valence-electron chi connectivity index (χ2n) is 8.79. The second kappa shape index (κ2) is 9.18. The zero-order valence-corrected chi connectivity index (χ0v) is 18.8. The summed E-state index contributed by atoms with van der Waals surface area (Å²) in [5, 5.41) is 7.29. The van der Waals surface area contributed by atoms with Crippen LogP contribution >= 0.6 is 0 Å². The van der Waals surface area contributed by atoms with Gasteiger partial charge in [-0.2, -0.15) is 5.10 Å². The van der Waals surface area contributed by atoms with Crippen LogP contribution in [0.4, 0.5) is 5.69 Å². The summed E-state index contributed by atoms with van der Waals surface area (Å²) < 4.78 is 4.98. The zero-order chi connectivity index (χ0) is 22.8. The van der Waals surface area contributed by atoms with E-state index in [1.54, 1.807) is 36.1 Å². The van der Waals surface area contributed by atoms with E-state index in [0.29, 0.717) is 17.9 Å². The summed E-state index contributed by atoms with van der Waals surface area (Å²) >= 11 is 0. The van der Waals surface area contributed by atoms with Gasteiger partial charge in [0.1, 0.15) is 12.4 Å². The Morgan fingerprint density at radius 3 is 2.53 bits per heavy atom. The predicted octanol–water partition coefficient (Wildman–Crippen LogP) is 2.16. The van der Waals surface area contributed by atoms with E-state index in [2.05, 4.69) is 34.6 Å². The maximum Gasteiger partial charge on any atom is 0.338 e. The molecule has 9 nitrogen and oxygen atoms in total. The molecule has 1 aromatic rings. The van der Waals surface area contributed by atoms with Crippen molar-refractivity contribution in [2.24, 2.45) is 11.0 Å². The van der Waals surface area contributed by atoms with Crippen LogP contribution in [0.25, 0.3) is 0 Å². The number of anilines is 1. The molecule has 1 saturated heterocycles. The molecular formula is C23H31N5O4. The zero-order valence-electron chi connectivity index (χ0n) is 18.8. The fraction of sp³-hybridized carbons (Fsp3) is 0.565. The summed E-state index contributed by atoms with van der Waals surface area (Å²) in [6.45, 7) is 6.21. The molecule has 2 fully saturated rings. The summed E-state index contributed by atoms with van der Waals surface area (Å²) in [6, 6.07) is 6.71. The van der Waals surface area contributed by atoms with Gasteiger partial charge in [-0.15, -0.1) is 0 Å². The maximum atomic E-state index is 13.3. The molecule has 3 atom stereocenters. The number of piperazine rings is 1. The summed E-state index contributed by atoms with van der Waals surface area (Å²) in [4.78, 5) is 41.8. The largest absolute Gasteiger partial charge is 0.462 e. The van der Waals surface area contributed by atoms with Crippen molar-refractivity contribution in [2.45, 2.75) is 64.7 Å². The van der Waals surface area contributed by atoms with E-state index in [1.807, 2.05) is 0 Å². The maximum absolute atomic E-state index is 13.3. The van der Waals surface area contributed by atoms with E-state index < -0.39 is 12.1 Å². The van der Waals surface area contributed by atoms with Gasteiger partial charge in [0.25, 0.3) is 5.91 Å². The van der Waals surface area contributed by atoms with Gasteiger partial charge in [-0.25, -0.2) is 4.79 Å². The van der Waals surface area contributed by atoms with Crippen LogP contribution < -0.4 is 10.7 Å². The first-order valence-corrected chi connectivity index (χ1v) is 11.4. The lowest BCUT2D eigenvalue weighted by Gasteiger charge is -2.51. The average Bonchev–Trinajstić information content (AvgIpc) is 3.23. The molecule has 2 aliphatic heterocycles. The molecule has 2 heterocycles. The number of hydrazone groups is 1. The smallest absolute Gasteiger partial charge is 0.338 e. The number of rotatable bonds is 6. The molecule has 2 N–H and O–H groups in total.